The number of nitrogens with two attached hydrogens (primary N) is 4. The van der Waals surface area contributed by atoms with E-state index in [1.165, 1.54) is 36.4 Å². The monoisotopic (exact) mass is 1490 g/mol. The van der Waals surface area contributed by atoms with Crippen molar-refractivity contribution in [1.82, 2.24) is 50.4 Å². The number of primary sulfonamides is 3. The molecule has 0 atom stereocenters. The van der Waals surface area contributed by atoms with Gasteiger partial charge in [0.25, 0.3) is 5.69 Å². The summed E-state index contributed by atoms with van der Waals surface area (Å²) in [6.45, 7) is 0.523. The van der Waals surface area contributed by atoms with Gasteiger partial charge in [-0.2, -0.15) is 0 Å². The van der Waals surface area contributed by atoms with Gasteiger partial charge < -0.3 is 26.5 Å². The van der Waals surface area contributed by atoms with Gasteiger partial charge >= 0.3 is 46.9 Å². The van der Waals surface area contributed by atoms with Crippen molar-refractivity contribution in [2.75, 3.05) is 23.8 Å². The van der Waals surface area contributed by atoms with E-state index in [2.05, 4.69) is 103 Å². The Morgan fingerprint density at radius 3 is 1.48 bits per heavy atom. The molecule has 0 spiro atoms. The molecule has 0 saturated carbocycles. The molecule has 0 radical (unpaired) electrons. The van der Waals surface area contributed by atoms with Crippen molar-refractivity contribution in [3.8, 4) is 34.4 Å². The largest absolute Gasteiger partial charge is 1.00 e. The van der Waals surface area contributed by atoms with E-state index in [9.17, 15) is 63.3 Å². The van der Waals surface area contributed by atoms with Gasteiger partial charge in [-0.15, -0.1) is 4.63 Å². The number of oxime groups is 1. The van der Waals surface area contributed by atoms with E-state index < -0.39 is 69.7 Å². The van der Waals surface area contributed by atoms with Crippen LogP contribution in [-0.4, -0.2) is 121 Å². The van der Waals surface area contributed by atoms with Crippen LogP contribution in [0.1, 0.15) is 74.0 Å². The fourth-order valence-electron chi connectivity index (χ4n) is 7.08. The van der Waals surface area contributed by atoms with E-state index >= 15 is 0 Å². The molecule has 0 aliphatic rings. The summed E-state index contributed by atoms with van der Waals surface area (Å²) in [6, 6.07) is 12.1. The summed E-state index contributed by atoms with van der Waals surface area (Å²) in [4.78, 5) is 33.9. The van der Waals surface area contributed by atoms with Crippen LogP contribution < -0.4 is 62.2 Å². The minimum atomic E-state index is -3.49. The molecule has 43 heteroatoms. The Morgan fingerprint density at radius 2 is 1.02 bits per heavy atom. The molecule has 0 aliphatic carbocycles. The van der Waals surface area contributed by atoms with E-state index in [1.54, 1.807) is 12.1 Å². The number of nitrogens with zero attached hydrogens (tertiary/aromatic N) is 12. The van der Waals surface area contributed by atoms with Crippen LogP contribution in [0.2, 0.25) is 0 Å². The molecule has 0 saturated heterocycles. The molecule has 33 nitrogen and oxygen atoms in total. The standard InChI is InChI=1S/C15H15BrFN5O5S.C15H18BrFN4O4S.C10H3BrFN5O5.C4H12N2O2S.Na.H2O/c16-10-8-9(5-6-11(10)17)22-14(21-26-15(22)23)13-12(19-27-20-13)4-2-1-3-7-28(18,24)25;16-11-8-10(5-6-12(11)17)9-14(19-22)15-13(20-25-21-15)4-2-1-3-7-26(18,23)24;11-5-3-4(1-2-6(5)12)16-8(14-21-10(16)18)7-9(17(19)20)15-22-13-7;5-3-1-2-4-9(6,7)8;;/h5-6,8H,1-4,7H2,(H2,18,24,25);5-6,8,22H,1-4,7,9H2,(H2,18,23,24);1-3H;1-5H2,(H2,6,7,8);;1H2/q;;;;+1;/p-1/b;19-14+;;;;. The first kappa shape index (κ1) is 75.0. The normalized spacial score (nSPS) is 11.5. The number of aromatic nitrogens is 10. The van der Waals surface area contributed by atoms with Crippen molar-refractivity contribution in [3.63, 3.8) is 0 Å². The van der Waals surface area contributed by atoms with Crippen molar-refractivity contribution < 1.29 is 107 Å². The number of sulfonamides is 3. The predicted octanol–water partition coefficient (Wildman–Crippen LogP) is 1.70. The molecule has 0 amide bonds. The van der Waals surface area contributed by atoms with Gasteiger partial charge in [0.15, 0.2) is 16.5 Å². The maximum absolute atomic E-state index is 13.5. The smallest absolute Gasteiger partial charge is 0.870 e. The van der Waals surface area contributed by atoms with Crippen molar-refractivity contribution in [2.24, 2.45) is 26.3 Å². The zero-order valence-corrected chi connectivity index (χ0v) is 54.2. The van der Waals surface area contributed by atoms with Gasteiger partial charge in [0.05, 0.1) is 42.1 Å². The summed E-state index contributed by atoms with van der Waals surface area (Å²) < 4.78 is 130. The Bertz CT molecular complexity index is 4070. The second-order valence-electron chi connectivity index (χ2n) is 17.4. The summed E-state index contributed by atoms with van der Waals surface area (Å²) in [5.74, 6) is -4.24. The molecule has 3 aromatic carbocycles. The fraction of sp³-hybridized carbons (Fsp3) is 0.341. The molecule has 8 aromatic rings. The van der Waals surface area contributed by atoms with Gasteiger partial charge in [-0.3, -0.25) is 9.05 Å². The van der Waals surface area contributed by atoms with Crippen LogP contribution in [0.5, 0.6) is 0 Å². The summed E-state index contributed by atoms with van der Waals surface area (Å²) in [5, 5.41) is 66.9. The molecule has 0 fully saturated rings. The summed E-state index contributed by atoms with van der Waals surface area (Å²) in [6.07, 6.45) is 5.74. The molecule has 10 N–H and O–H groups in total. The second kappa shape index (κ2) is 35.0. The third-order valence-corrected chi connectivity index (χ3v) is 15.4. The fourth-order valence-corrected chi connectivity index (χ4v) is 10.1. The van der Waals surface area contributed by atoms with Gasteiger partial charge in [-0.1, -0.05) is 44.7 Å². The van der Waals surface area contributed by atoms with Crippen LogP contribution in [0.4, 0.5) is 19.0 Å². The van der Waals surface area contributed by atoms with E-state index in [-0.39, 0.29) is 102 Å². The first-order chi connectivity index (χ1) is 40.1. The molecule has 87 heavy (non-hydrogen) atoms. The number of aryl methyl sites for hydroxylation is 2. The average Bonchev–Trinajstić information content (AvgIpc) is 2.04. The second-order valence-corrected chi connectivity index (χ2v) is 25.2. The zero-order valence-electron chi connectivity index (χ0n) is 45.0. The van der Waals surface area contributed by atoms with Gasteiger partial charge in [-0.25, -0.2) is 81.8 Å². The van der Waals surface area contributed by atoms with E-state index in [1.807, 2.05) is 0 Å². The van der Waals surface area contributed by atoms with Crippen LogP contribution in [0.3, 0.4) is 0 Å². The minimum Gasteiger partial charge on any atom is -0.870 e. The van der Waals surface area contributed by atoms with Crippen LogP contribution in [-0.2, 0) is 49.3 Å². The Kier molecular flexibility index (Phi) is 30.2. The zero-order chi connectivity index (χ0) is 62.6. The SMILES string of the molecule is NCCCCS(N)(=O)=O.NS(=O)(=O)CCCCCc1nonc1-c1noc(=O)n1-c1ccc(F)c(Br)c1.NS(=O)(=O)CCCCCc1nonc1/C(Cc1ccc(F)c(Br)c1)=N/O.O=c1onc(-c2nonc2[N+](=O)[O-])n1-c1ccc(F)c(Br)c1.[Na+].[OH-]. The van der Waals surface area contributed by atoms with Crippen LogP contribution in [0.25, 0.3) is 34.4 Å². The molecular weight excluding hydrogens is 1440 g/mol. The van der Waals surface area contributed by atoms with Crippen molar-refractivity contribution in [1.29, 1.82) is 0 Å². The first-order valence-electron chi connectivity index (χ1n) is 24.2. The molecular formula is C44H49Br3F3N16NaO17S3. The Morgan fingerprint density at radius 1 is 0.598 bits per heavy atom. The van der Waals surface area contributed by atoms with Crippen molar-refractivity contribution in [3.05, 3.63) is 139 Å². The maximum atomic E-state index is 13.5. The predicted molar refractivity (Wildman–Crippen MR) is 302 cm³/mol. The number of rotatable bonds is 24. The minimum absolute atomic E-state index is 0. The maximum Gasteiger partial charge on any atom is 1.00 e. The van der Waals surface area contributed by atoms with E-state index in [4.69, 9.17) is 34.9 Å². The summed E-state index contributed by atoms with van der Waals surface area (Å²) >= 11 is 9.15. The Hall–Kier alpha value is -6.29. The topological polar surface area (TPSA) is 525 Å². The number of benzene rings is 3. The molecule has 468 valence electrons. The van der Waals surface area contributed by atoms with Crippen LogP contribution in [0.15, 0.2) is 106 Å². The molecule has 5 aromatic heterocycles. The third-order valence-electron chi connectivity index (χ3n) is 11.0. The van der Waals surface area contributed by atoms with Gasteiger partial charge in [-0.05, 0) is 180 Å². The van der Waals surface area contributed by atoms with Crippen LogP contribution >= 0.6 is 47.8 Å². The Labute approximate surface area is 536 Å². The summed E-state index contributed by atoms with van der Waals surface area (Å²) in [5.41, 5.74) is 7.62. The number of hydrogen-bond donors (Lipinski definition) is 5. The quantitative estimate of drug-likeness (QED) is 0.0143. The molecule has 0 bridgehead atoms. The third kappa shape index (κ3) is 23.6. The van der Waals surface area contributed by atoms with Crippen LogP contribution in [0, 0.1) is 27.6 Å². The summed E-state index contributed by atoms with van der Waals surface area (Å²) in [7, 11) is -10.2. The van der Waals surface area contributed by atoms with Crippen molar-refractivity contribution in [2.45, 2.75) is 70.6 Å². The van der Waals surface area contributed by atoms with Gasteiger partial charge in [0, 0.05) is 6.42 Å². The van der Waals surface area contributed by atoms with E-state index in [0.29, 0.717) is 97.1 Å². The number of hydrogen-bond acceptors (Lipinski definition) is 27. The molecule has 0 aliphatic heterocycles. The molecule has 0 unspecified atom stereocenters. The van der Waals surface area contributed by atoms with Gasteiger partial charge in [0.2, 0.25) is 41.7 Å². The molecule has 5 heterocycles. The Balaban J connectivity index is 0.000000317. The number of unbranched alkanes of at least 4 members (excludes halogenated alkanes) is 5. The van der Waals surface area contributed by atoms with E-state index in [0.717, 1.165) is 21.6 Å². The number of halogens is 6. The number of nitro groups is 1. The van der Waals surface area contributed by atoms with Gasteiger partial charge in [0.1, 0.15) is 34.6 Å². The van der Waals surface area contributed by atoms with Crippen molar-refractivity contribution >= 4 is 89.4 Å². The average molecular weight is 1490 g/mol. The first-order valence-corrected chi connectivity index (χ1v) is 31.7. The molecule has 8 rings (SSSR count).